The number of carboxylic acid groups (broad SMARTS) is 1. The molecule has 0 radical (unpaired) electrons. The van der Waals surface area contributed by atoms with Gasteiger partial charge in [0.05, 0.1) is 17.9 Å². The van der Waals surface area contributed by atoms with Crippen molar-refractivity contribution in [3.63, 3.8) is 0 Å². The zero-order chi connectivity index (χ0) is 13.2. The summed E-state index contributed by atoms with van der Waals surface area (Å²) < 4.78 is 5.15. The zero-order valence-electron chi connectivity index (χ0n) is 11.0. The van der Waals surface area contributed by atoms with Gasteiger partial charge in [-0.3, -0.25) is 9.59 Å². The van der Waals surface area contributed by atoms with Crippen molar-refractivity contribution >= 4 is 11.9 Å². The third-order valence-electron chi connectivity index (χ3n) is 3.77. The largest absolute Gasteiger partial charge is 0.481 e. The van der Waals surface area contributed by atoms with Crippen LogP contribution in [-0.4, -0.2) is 23.1 Å². The van der Waals surface area contributed by atoms with Gasteiger partial charge in [-0.15, -0.1) is 0 Å². The Balaban J connectivity index is 2.82. The van der Waals surface area contributed by atoms with Crippen LogP contribution in [0.25, 0.3) is 0 Å². The molecule has 0 aromatic carbocycles. The second-order valence-corrected chi connectivity index (χ2v) is 5.37. The molecule has 98 valence electrons. The van der Waals surface area contributed by atoms with Crippen molar-refractivity contribution < 1.29 is 19.4 Å². The van der Waals surface area contributed by atoms with Gasteiger partial charge in [-0.25, -0.2) is 0 Å². The highest BCUT2D eigenvalue weighted by Gasteiger charge is 2.43. The number of hydrogen-bond acceptors (Lipinski definition) is 3. The van der Waals surface area contributed by atoms with Crippen LogP contribution >= 0.6 is 0 Å². The van der Waals surface area contributed by atoms with E-state index >= 15 is 0 Å². The Labute approximate surface area is 102 Å². The highest BCUT2D eigenvalue weighted by molar-refractivity contribution is 5.81. The van der Waals surface area contributed by atoms with Crippen molar-refractivity contribution in [2.45, 2.75) is 46.6 Å². The highest BCUT2D eigenvalue weighted by atomic mass is 16.5. The average Bonchev–Trinajstić information content (AvgIpc) is 2.19. The molecule has 0 aliphatic heterocycles. The van der Waals surface area contributed by atoms with E-state index in [9.17, 15) is 14.7 Å². The van der Waals surface area contributed by atoms with Crippen molar-refractivity contribution in [1.29, 1.82) is 0 Å². The molecule has 4 heteroatoms. The van der Waals surface area contributed by atoms with Gasteiger partial charge in [0.1, 0.15) is 0 Å². The number of hydrogen-bond donors (Lipinski definition) is 1. The van der Waals surface area contributed by atoms with Crippen LogP contribution in [0.4, 0.5) is 0 Å². The van der Waals surface area contributed by atoms with E-state index in [2.05, 4.69) is 0 Å². The monoisotopic (exact) mass is 242 g/mol. The Kier molecular flexibility index (Phi) is 4.54. The van der Waals surface area contributed by atoms with Gasteiger partial charge in [0.15, 0.2) is 0 Å². The summed E-state index contributed by atoms with van der Waals surface area (Å²) in [5, 5.41) is 9.27. The van der Waals surface area contributed by atoms with E-state index in [1.807, 2.05) is 13.8 Å². The van der Waals surface area contributed by atoms with Gasteiger partial charge in [-0.05, 0) is 38.5 Å². The van der Waals surface area contributed by atoms with Crippen molar-refractivity contribution in [2.75, 3.05) is 0 Å². The zero-order valence-corrected chi connectivity index (χ0v) is 11.0. The molecule has 4 atom stereocenters. The fourth-order valence-electron chi connectivity index (χ4n) is 2.59. The minimum Gasteiger partial charge on any atom is -0.481 e. The van der Waals surface area contributed by atoms with E-state index in [1.165, 1.54) is 0 Å². The minimum absolute atomic E-state index is 0.0194. The molecule has 1 N–H and O–H groups in total. The number of esters is 1. The molecule has 0 bridgehead atoms. The average molecular weight is 242 g/mol. The van der Waals surface area contributed by atoms with Crippen LogP contribution < -0.4 is 0 Å². The van der Waals surface area contributed by atoms with E-state index in [0.717, 1.165) is 6.42 Å². The number of carbonyl (C=O) groups excluding carboxylic acids is 1. The van der Waals surface area contributed by atoms with Crippen LogP contribution in [0.15, 0.2) is 0 Å². The normalized spacial score (nSPS) is 33.5. The summed E-state index contributed by atoms with van der Waals surface area (Å²) in [5.74, 6) is -1.96. The van der Waals surface area contributed by atoms with E-state index in [-0.39, 0.29) is 18.0 Å². The molecule has 17 heavy (non-hydrogen) atoms. The maximum Gasteiger partial charge on any atom is 0.310 e. The molecule has 1 saturated carbocycles. The van der Waals surface area contributed by atoms with Gasteiger partial charge in [0.2, 0.25) is 0 Å². The van der Waals surface area contributed by atoms with Gasteiger partial charge < -0.3 is 9.84 Å². The topological polar surface area (TPSA) is 63.6 Å². The first-order valence-corrected chi connectivity index (χ1v) is 6.27. The summed E-state index contributed by atoms with van der Waals surface area (Å²) in [6.45, 7) is 7.52. The molecule has 0 saturated heterocycles. The smallest absolute Gasteiger partial charge is 0.310 e. The van der Waals surface area contributed by atoms with Crippen LogP contribution in [0.5, 0.6) is 0 Å². The summed E-state index contributed by atoms with van der Waals surface area (Å²) in [6, 6.07) is 0. The first kappa shape index (κ1) is 14.0. The van der Waals surface area contributed by atoms with E-state index in [0.29, 0.717) is 12.3 Å². The SMILES string of the molecule is CC(C)OC(=O)C1CCC(C)C(C)C1C(=O)O. The maximum absolute atomic E-state index is 11.9. The van der Waals surface area contributed by atoms with Crippen molar-refractivity contribution in [3.8, 4) is 0 Å². The number of rotatable bonds is 3. The molecule has 1 rings (SSSR count). The summed E-state index contributed by atoms with van der Waals surface area (Å²) in [4.78, 5) is 23.2. The lowest BCUT2D eigenvalue weighted by Crippen LogP contribution is -2.42. The summed E-state index contributed by atoms with van der Waals surface area (Å²) >= 11 is 0. The predicted octanol–water partition coefficient (Wildman–Crippen LogP) is 2.32. The predicted molar refractivity (Wildman–Crippen MR) is 63.4 cm³/mol. The lowest BCUT2D eigenvalue weighted by molar-refractivity contribution is -0.165. The van der Waals surface area contributed by atoms with Crippen LogP contribution in [0.2, 0.25) is 0 Å². The van der Waals surface area contributed by atoms with E-state index < -0.39 is 17.8 Å². The fraction of sp³-hybridized carbons (Fsp3) is 0.846. The van der Waals surface area contributed by atoms with Crippen LogP contribution in [-0.2, 0) is 14.3 Å². The minimum atomic E-state index is -0.880. The molecule has 4 nitrogen and oxygen atoms in total. The van der Waals surface area contributed by atoms with Gasteiger partial charge in [-0.2, -0.15) is 0 Å². The number of ether oxygens (including phenoxy) is 1. The first-order valence-electron chi connectivity index (χ1n) is 6.27. The molecular formula is C13H22O4. The van der Waals surface area contributed by atoms with Crippen LogP contribution in [0.1, 0.15) is 40.5 Å². The number of aliphatic carboxylic acids is 1. The van der Waals surface area contributed by atoms with Crippen molar-refractivity contribution in [3.05, 3.63) is 0 Å². The van der Waals surface area contributed by atoms with Crippen molar-refractivity contribution in [1.82, 2.24) is 0 Å². The molecule has 0 spiro atoms. The Morgan fingerprint density at radius 1 is 1.24 bits per heavy atom. The first-order chi connectivity index (χ1) is 7.84. The molecular weight excluding hydrogens is 220 g/mol. The van der Waals surface area contributed by atoms with Gasteiger partial charge in [-0.1, -0.05) is 13.8 Å². The van der Waals surface area contributed by atoms with Crippen LogP contribution in [0.3, 0.4) is 0 Å². The quantitative estimate of drug-likeness (QED) is 0.771. The molecule has 0 heterocycles. The molecule has 1 fully saturated rings. The molecule has 0 aromatic rings. The van der Waals surface area contributed by atoms with Gasteiger partial charge >= 0.3 is 11.9 Å². The van der Waals surface area contributed by atoms with Gasteiger partial charge in [0.25, 0.3) is 0 Å². The third-order valence-corrected chi connectivity index (χ3v) is 3.77. The maximum atomic E-state index is 11.9. The summed E-state index contributed by atoms with van der Waals surface area (Å²) in [7, 11) is 0. The van der Waals surface area contributed by atoms with E-state index in [1.54, 1.807) is 13.8 Å². The third kappa shape index (κ3) is 3.20. The Hall–Kier alpha value is -1.06. The Morgan fingerprint density at radius 2 is 1.82 bits per heavy atom. The summed E-state index contributed by atoms with van der Waals surface area (Å²) in [5.41, 5.74) is 0. The number of carboxylic acids is 1. The van der Waals surface area contributed by atoms with Crippen LogP contribution in [0, 0.1) is 23.7 Å². The molecule has 4 unspecified atom stereocenters. The molecule has 0 aromatic heterocycles. The standard InChI is InChI=1S/C13H22O4/c1-7(2)17-13(16)10-6-5-8(3)9(4)11(10)12(14)15/h7-11H,5-6H2,1-4H3,(H,14,15). The van der Waals surface area contributed by atoms with E-state index in [4.69, 9.17) is 4.74 Å². The van der Waals surface area contributed by atoms with Crippen molar-refractivity contribution in [2.24, 2.45) is 23.7 Å². The fourth-order valence-corrected chi connectivity index (χ4v) is 2.59. The second kappa shape index (κ2) is 5.52. The highest BCUT2D eigenvalue weighted by Crippen LogP contribution is 2.39. The van der Waals surface area contributed by atoms with Gasteiger partial charge in [0, 0.05) is 0 Å². The molecule has 1 aliphatic carbocycles. The molecule has 1 aliphatic rings. The molecule has 0 amide bonds. The Bertz CT molecular complexity index is 298. The summed E-state index contributed by atoms with van der Waals surface area (Å²) in [6.07, 6.45) is 1.32. The lowest BCUT2D eigenvalue weighted by atomic mass is 9.68. The Morgan fingerprint density at radius 3 is 2.29 bits per heavy atom. The number of carbonyl (C=O) groups is 2. The second-order valence-electron chi connectivity index (χ2n) is 5.37. The lowest BCUT2D eigenvalue weighted by Gasteiger charge is -2.36.